The van der Waals surface area contributed by atoms with E-state index in [1.54, 1.807) is 30.3 Å². The maximum atomic E-state index is 13.4. The number of halogens is 1. The van der Waals surface area contributed by atoms with Crippen LogP contribution in [0.1, 0.15) is 15.9 Å². The summed E-state index contributed by atoms with van der Waals surface area (Å²) in [6, 6.07) is 12.4. The smallest absolute Gasteiger partial charge is 0.411 e. The minimum absolute atomic E-state index is 0.173. The van der Waals surface area contributed by atoms with E-state index in [2.05, 4.69) is 10.6 Å². The van der Waals surface area contributed by atoms with E-state index in [0.29, 0.717) is 11.3 Å². The fourth-order valence-electron chi connectivity index (χ4n) is 1.80. The van der Waals surface area contributed by atoms with Crippen LogP contribution in [-0.2, 0) is 11.3 Å². The summed E-state index contributed by atoms with van der Waals surface area (Å²) in [5.41, 5.74) is 1.12. The Hall–Kier alpha value is -2.89. The van der Waals surface area contributed by atoms with Crippen molar-refractivity contribution in [2.45, 2.75) is 6.61 Å². The normalized spacial score (nSPS) is 9.91. The van der Waals surface area contributed by atoms with Gasteiger partial charge in [-0.05, 0) is 24.3 Å². The molecule has 2 aromatic carbocycles. The third-order valence-electron chi connectivity index (χ3n) is 2.91. The van der Waals surface area contributed by atoms with Gasteiger partial charge in [-0.2, -0.15) is 0 Å². The number of ether oxygens (including phenoxy) is 1. The second-order valence-electron chi connectivity index (χ2n) is 4.45. The van der Waals surface area contributed by atoms with E-state index in [9.17, 15) is 14.0 Å². The lowest BCUT2D eigenvalue weighted by atomic mass is 10.2. The first-order valence-electron chi connectivity index (χ1n) is 6.59. The van der Waals surface area contributed by atoms with Gasteiger partial charge in [0.25, 0.3) is 5.91 Å². The minimum atomic E-state index is -0.725. The van der Waals surface area contributed by atoms with Crippen LogP contribution in [0, 0.1) is 5.82 Å². The number of anilines is 1. The average molecular weight is 302 g/mol. The molecule has 2 rings (SSSR count). The van der Waals surface area contributed by atoms with Gasteiger partial charge in [0.05, 0.1) is 0 Å². The van der Waals surface area contributed by atoms with Crippen LogP contribution in [0.2, 0.25) is 0 Å². The minimum Gasteiger partial charge on any atom is -0.444 e. The number of hydrogen-bond acceptors (Lipinski definition) is 3. The fourth-order valence-corrected chi connectivity index (χ4v) is 1.80. The van der Waals surface area contributed by atoms with Gasteiger partial charge >= 0.3 is 6.09 Å². The standard InChI is InChI=1S/C16H15FN2O3/c1-18-15(20)11-6-4-7-13(9-11)19-16(21)22-10-12-5-2-3-8-14(12)17/h2-9H,10H2,1H3,(H,18,20)(H,19,21). The number of carbonyl (C=O) groups excluding carboxylic acids is 2. The largest absolute Gasteiger partial charge is 0.444 e. The van der Waals surface area contributed by atoms with Crippen LogP contribution in [-0.4, -0.2) is 19.0 Å². The quantitative estimate of drug-likeness (QED) is 0.912. The van der Waals surface area contributed by atoms with Crippen LogP contribution in [0.3, 0.4) is 0 Å². The van der Waals surface area contributed by atoms with Gasteiger partial charge in [0, 0.05) is 23.9 Å². The molecule has 0 saturated carbocycles. The van der Waals surface area contributed by atoms with Crippen molar-refractivity contribution < 1.29 is 18.7 Å². The molecule has 2 N–H and O–H groups in total. The Bertz CT molecular complexity index is 689. The van der Waals surface area contributed by atoms with Gasteiger partial charge in [0.1, 0.15) is 12.4 Å². The Kier molecular flexibility index (Phi) is 5.08. The van der Waals surface area contributed by atoms with Crippen molar-refractivity contribution in [3.05, 3.63) is 65.5 Å². The molecule has 0 aliphatic heterocycles. The highest BCUT2D eigenvalue weighted by molar-refractivity contribution is 5.96. The summed E-state index contributed by atoms with van der Waals surface area (Å²) in [4.78, 5) is 23.2. The molecule has 2 amide bonds. The maximum Gasteiger partial charge on any atom is 0.411 e. The van der Waals surface area contributed by atoms with E-state index in [4.69, 9.17) is 4.74 Å². The highest BCUT2D eigenvalue weighted by Crippen LogP contribution is 2.12. The molecule has 0 radical (unpaired) electrons. The van der Waals surface area contributed by atoms with Crippen molar-refractivity contribution in [1.82, 2.24) is 5.32 Å². The Labute approximate surface area is 127 Å². The van der Waals surface area contributed by atoms with E-state index >= 15 is 0 Å². The zero-order chi connectivity index (χ0) is 15.9. The number of carbonyl (C=O) groups is 2. The van der Waals surface area contributed by atoms with E-state index in [0.717, 1.165) is 0 Å². The molecule has 0 bridgehead atoms. The highest BCUT2D eigenvalue weighted by atomic mass is 19.1. The number of hydrogen-bond donors (Lipinski definition) is 2. The molecule has 0 spiro atoms. The van der Waals surface area contributed by atoms with Crippen molar-refractivity contribution >= 4 is 17.7 Å². The Morgan fingerprint density at radius 1 is 1.14 bits per heavy atom. The van der Waals surface area contributed by atoms with Crippen molar-refractivity contribution in [1.29, 1.82) is 0 Å². The molecule has 0 heterocycles. The van der Waals surface area contributed by atoms with Crippen LogP contribution in [0.15, 0.2) is 48.5 Å². The second kappa shape index (κ2) is 7.21. The van der Waals surface area contributed by atoms with Gasteiger partial charge in [-0.3, -0.25) is 10.1 Å². The molecular weight excluding hydrogens is 287 g/mol. The van der Waals surface area contributed by atoms with Gasteiger partial charge in [0.2, 0.25) is 0 Å². The first-order valence-corrected chi connectivity index (χ1v) is 6.59. The van der Waals surface area contributed by atoms with Gasteiger partial charge in [0.15, 0.2) is 0 Å². The molecule has 6 heteroatoms. The summed E-state index contributed by atoms with van der Waals surface area (Å²) < 4.78 is 18.3. The van der Waals surface area contributed by atoms with Crippen LogP contribution >= 0.6 is 0 Å². The summed E-state index contributed by atoms with van der Waals surface area (Å²) in [6.45, 7) is -0.173. The summed E-state index contributed by atoms with van der Waals surface area (Å²) in [6.07, 6.45) is -0.725. The number of benzene rings is 2. The number of amides is 2. The highest BCUT2D eigenvalue weighted by Gasteiger charge is 2.08. The molecule has 0 saturated heterocycles. The third-order valence-corrected chi connectivity index (χ3v) is 2.91. The molecule has 22 heavy (non-hydrogen) atoms. The average Bonchev–Trinajstić information content (AvgIpc) is 2.53. The molecule has 0 atom stereocenters. The van der Waals surface area contributed by atoms with Gasteiger partial charge in [-0.25, -0.2) is 9.18 Å². The number of nitrogens with one attached hydrogen (secondary N) is 2. The Morgan fingerprint density at radius 3 is 2.64 bits per heavy atom. The van der Waals surface area contributed by atoms with E-state index < -0.39 is 11.9 Å². The molecule has 0 aliphatic carbocycles. The van der Waals surface area contributed by atoms with Crippen molar-refractivity contribution in [2.75, 3.05) is 12.4 Å². The van der Waals surface area contributed by atoms with Crippen LogP contribution in [0.25, 0.3) is 0 Å². The third kappa shape index (κ3) is 4.05. The van der Waals surface area contributed by atoms with Crippen molar-refractivity contribution in [3.63, 3.8) is 0 Å². The summed E-state index contributed by atoms with van der Waals surface area (Å²) in [5.74, 6) is -0.694. The van der Waals surface area contributed by atoms with E-state index in [1.807, 2.05) is 0 Å². The molecule has 0 fully saturated rings. The second-order valence-corrected chi connectivity index (χ2v) is 4.45. The lowest BCUT2D eigenvalue weighted by Gasteiger charge is -2.08. The molecule has 114 valence electrons. The van der Waals surface area contributed by atoms with Crippen molar-refractivity contribution in [2.24, 2.45) is 0 Å². The first-order chi connectivity index (χ1) is 10.6. The van der Waals surface area contributed by atoms with Gasteiger partial charge in [-0.1, -0.05) is 24.3 Å². The Morgan fingerprint density at radius 2 is 1.91 bits per heavy atom. The summed E-state index contributed by atoms with van der Waals surface area (Å²) in [5, 5.41) is 4.98. The van der Waals surface area contributed by atoms with Gasteiger partial charge < -0.3 is 10.1 Å². The van der Waals surface area contributed by atoms with Gasteiger partial charge in [-0.15, -0.1) is 0 Å². The molecule has 0 unspecified atom stereocenters. The molecular formula is C16H15FN2O3. The van der Waals surface area contributed by atoms with Crippen LogP contribution in [0.4, 0.5) is 14.9 Å². The van der Waals surface area contributed by atoms with Crippen molar-refractivity contribution in [3.8, 4) is 0 Å². The lowest BCUT2D eigenvalue weighted by molar-refractivity contribution is 0.0963. The Balaban J connectivity index is 1.95. The SMILES string of the molecule is CNC(=O)c1cccc(NC(=O)OCc2ccccc2F)c1. The predicted octanol–water partition coefficient (Wildman–Crippen LogP) is 2.93. The van der Waals surface area contributed by atoms with Crippen LogP contribution in [0.5, 0.6) is 0 Å². The fraction of sp³-hybridized carbons (Fsp3) is 0.125. The molecule has 5 nitrogen and oxygen atoms in total. The van der Waals surface area contributed by atoms with Crippen LogP contribution < -0.4 is 10.6 Å². The summed E-state index contributed by atoms with van der Waals surface area (Å²) in [7, 11) is 1.52. The van der Waals surface area contributed by atoms with E-state index in [1.165, 1.54) is 25.2 Å². The predicted molar refractivity (Wildman–Crippen MR) is 80.0 cm³/mol. The molecule has 2 aromatic rings. The topological polar surface area (TPSA) is 67.4 Å². The lowest BCUT2D eigenvalue weighted by Crippen LogP contribution is -2.18. The molecule has 0 aromatic heterocycles. The first kappa shape index (κ1) is 15.5. The number of rotatable bonds is 4. The maximum absolute atomic E-state index is 13.4. The molecule has 0 aliphatic rings. The zero-order valence-electron chi connectivity index (χ0n) is 11.9. The summed E-state index contributed by atoms with van der Waals surface area (Å²) >= 11 is 0. The van der Waals surface area contributed by atoms with E-state index in [-0.39, 0.29) is 18.1 Å². The monoisotopic (exact) mass is 302 g/mol. The zero-order valence-corrected chi connectivity index (χ0v) is 11.9.